The second-order valence-corrected chi connectivity index (χ2v) is 6.22. The van der Waals surface area contributed by atoms with Gasteiger partial charge in [0.2, 0.25) is 0 Å². The van der Waals surface area contributed by atoms with Gasteiger partial charge in [0.05, 0.1) is 17.1 Å². The smallest absolute Gasteiger partial charge is 0.137 e. The monoisotopic (exact) mass is 316 g/mol. The summed E-state index contributed by atoms with van der Waals surface area (Å²) in [6.45, 7) is 5.29. The van der Waals surface area contributed by atoms with Crippen molar-refractivity contribution < 1.29 is 0 Å². The number of nitrogens with one attached hydrogen (secondary N) is 1. The maximum absolute atomic E-state index is 9.33. The maximum Gasteiger partial charge on any atom is 0.137 e. The van der Waals surface area contributed by atoms with Gasteiger partial charge in [-0.3, -0.25) is 0 Å². The molecule has 3 aromatic rings. The van der Waals surface area contributed by atoms with E-state index in [0.717, 1.165) is 40.8 Å². The first-order valence-corrected chi connectivity index (χ1v) is 8.17. The van der Waals surface area contributed by atoms with Gasteiger partial charge < -0.3 is 5.32 Å². The van der Waals surface area contributed by atoms with Crippen LogP contribution in [0.1, 0.15) is 25.8 Å². The molecule has 1 heterocycles. The minimum absolute atomic E-state index is 0.642. The molecule has 1 aromatic heterocycles. The van der Waals surface area contributed by atoms with Gasteiger partial charge in [0, 0.05) is 11.9 Å². The fraction of sp³-hybridized carbons (Fsp3) is 0.250. The molecule has 1 N–H and O–H groups in total. The summed E-state index contributed by atoms with van der Waals surface area (Å²) in [7, 11) is 0. The Morgan fingerprint density at radius 3 is 2.75 bits per heavy atom. The zero-order valence-electron chi connectivity index (χ0n) is 14.0. The van der Waals surface area contributed by atoms with Crippen LogP contribution in [-0.4, -0.2) is 16.5 Å². The third-order valence-electron chi connectivity index (χ3n) is 4.01. The summed E-state index contributed by atoms with van der Waals surface area (Å²) in [4.78, 5) is 8.74. The summed E-state index contributed by atoms with van der Waals surface area (Å²) in [5.41, 5.74) is 3.50. The summed E-state index contributed by atoms with van der Waals surface area (Å²) in [6, 6.07) is 15.9. The Kier molecular flexibility index (Phi) is 4.72. The first-order chi connectivity index (χ1) is 11.7. The van der Waals surface area contributed by atoms with E-state index in [2.05, 4.69) is 41.3 Å². The minimum Gasteiger partial charge on any atom is -0.369 e. The molecule has 2 aromatic carbocycles. The van der Waals surface area contributed by atoms with E-state index in [1.807, 2.05) is 36.4 Å². The molecule has 0 aliphatic rings. The lowest BCUT2D eigenvalue weighted by atomic mass is 9.99. The summed E-state index contributed by atoms with van der Waals surface area (Å²) >= 11 is 0. The Labute approximate surface area is 142 Å². The number of rotatable bonds is 5. The highest BCUT2D eigenvalue weighted by atomic mass is 15.0. The van der Waals surface area contributed by atoms with Gasteiger partial charge in [0.1, 0.15) is 12.1 Å². The van der Waals surface area contributed by atoms with Crippen LogP contribution in [-0.2, 0) is 0 Å². The van der Waals surface area contributed by atoms with Gasteiger partial charge >= 0.3 is 0 Å². The Morgan fingerprint density at radius 2 is 1.96 bits per heavy atom. The fourth-order valence-corrected chi connectivity index (χ4v) is 2.68. The minimum atomic E-state index is 0.642. The SMILES string of the molecule is CC(C)CCNc1ncnc2ccc(-c3ccccc3C#N)cc12. The molecule has 0 saturated heterocycles. The molecule has 0 atom stereocenters. The van der Waals surface area contributed by atoms with Crippen LogP contribution in [0, 0.1) is 17.2 Å². The first kappa shape index (κ1) is 15.9. The summed E-state index contributed by atoms with van der Waals surface area (Å²) in [6.07, 6.45) is 2.67. The van der Waals surface area contributed by atoms with Crippen molar-refractivity contribution in [3.05, 3.63) is 54.4 Å². The van der Waals surface area contributed by atoms with Gasteiger partial charge in [0.25, 0.3) is 0 Å². The molecule has 3 rings (SSSR count). The van der Waals surface area contributed by atoms with E-state index in [0.29, 0.717) is 11.5 Å². The second-order valence-electron chi connectivity index (χ2n) is 6.22. The van der Waals surface area contributed by atoms with Crippen molar-refractivity contribution in [1.29, 1.82) is 5.26 Å². The van der Waals surface area contributed by atoms with E-state index in [9.17, 15) is 5.26 Å². The standard InChI is InChI=1S/C20H20N4/c1-14(2)9-10-22-20-18-11-15(7-8-19(18)23-13-24-20)17-6-4-3-5-16(17)12-21/h3-8,11,13-14H,9-10H2,1-2H3,(H,22,23,24). The zero-order chi connectivity index (χ0) is 16.9. The highest BCUT2D eigenvalue weighted by molar-refractivity contribution is 5.93. The van der Waals surface area contributed by atoms with Crippen molar-refractivity contribution >= 4 is 16.7 Å². The molecule has 0 unspecified atom stereocenters. The molecular weight excluding hydrogens is 296 g/mol. The molecule has 0 fully saturated rings. The lowest BCUT2D eigenvalue weighted by Gasteiger charge is -2.11. The Bertz CT molecular complexity index is 894. The Morgan fingerprint density at radius 1 is 1.12 bits per heavy atom. The van der Waals surface area contributed by atoms with Crippen LogP contribution in [0.2, 0.25) is 0 Å². The number of hydrogen-bond acceptors (Lipinski definition) is 4. The van der Waals surface area contributed by atoms with Crippen molar-refractivity contribution in [2.45, 2.75) is 20.3 Å². The van der Waals surface area contributed by atoms with Crippen molar-refractivity contribution in [2.75, 3.05) is 11.9 Å². The van der Waals surface area contributed by atoms with E-state index >= 15 is 0 Å². The van der Waals surface area contributed by atoms with E-state index in [1.54, 1.807) is 6.33 Å². The predicted octanol–water partition coefficient (Wildman–Crippen LogP) is 4.63. The molecule has 4 heteroatoms. The summed E-state index contributed by atoms with van der Waals surface area (Å²) in [5.74, 6) is 1.49. The lowest BCUT2D eigenvalue weighted by molar-refractivity contribution is 0.607. The highest BCUT2D eigenvalue weighted by Gasteiger charge is 2.08. The van der Waals surface area contributed by atoms with E-state index < -0.39 is 0 Å². The van der Waals surface area contributed by atoms with Crippen LogP contribution >= 0.6 is 0 Å². The first-order valence-electron chi connectivity index (χ1n) is 8.17. The summed E-state index contributed by atoms with van der Waals surface area (Å²) < 4.78 is 0. The molecule has 24 heavy (non-hydrogen) atoms. The number of benzene rings is 2. The number of hydrogen-bond donors (Lipinski definition) is 1. The van der Waals surface area contributed by atoms with Gasteiger partial charge in [-0.05, 0) is 41.7 Å². The molecule has 0 saturated carbocycles. The van der Waals surface area contributed by atoms with Crippen LogP contribution in [0.25, 0.3) is 22.0 Å². The molecule has 120 valence electrons. The molecule has 0 amide bonds. The van der Waals surface area contributed by atoms with Gasteiger partial charge in [-0.25, -0.2) is 9.97 Å². The van der Waals surface area contributed by atoms with Crippen molar-refractivity contribution in [3.8, 4) is 17.2 Å². The van der Waals surface area contributed by atoms with Crippen LogP contribution in [0.4, 0.5) is 5.82 Å². The molecule has 0 spiro atoms. The van der Waals surface area contributed by atoms with Gasteiger partial charge in [-0.2, -0.15) is 5.26 Å². The van der Waals surface area contributed by atoms with E-state index in [1.165, 1.54) is 0 Å². The van der Waals surface area contributed by atoms with Crippen molar-refractivity contribution in [2.24, 2.45) is 5.92 Å². The van der Waals surface area contributed by atoms with E-state index in [-0.39, 0.29) is 0 Å². The van der Waals surface area contributed by atoms with Crippen molar-refractivity contribution in [1.82, 2.24) is 9.97 Å². The number of anilines is 1. The molecule has 0 aliphatic heterocycles. The third-order valence-corrected chi connectivity index (χ3v) is 4.01. The highest BCUT2D eigenvalue weighted by Crippen LogP contribution is 2.28. The summed E-state index contributed by atoms with van der Waals surface area (Å²) in [5, 5.41) is 13.7. The van der Waals surface area contributed by atoms with Crippen LogP contribution in [0.3, 0.4) is 0 Å². The van der Waals surface area contributed by atoms with Crippen LogP contribution in [0.15, 0.2) is 48.8 Å². The largest absolute Gasteiger partial charge is 0.369 e. The third kappa shape index (κ3) is 3.36. The number of fused-ring (bicyclic) bond motifs is 1. The average Bonchev–Trinajstić information content (AvgIpc) is 2.61. The van der Waals surface area contributed by atoms with Gasteiger partial charge in [-0.1, -0.05) is 38.1 Å². The van der Waals surface area contributed by atoms with Gasteiger partial charge in [-0.15, -0.1) is 0 Å². The normalized spacial score (nSPS) is 10.8. The van der Waals surface area contributed by atoms with Crippen LogP contribution < -0.4 is 5.32 Å². The number of nitrogens with zero attached hydrogens (tertiary/aromatic N) is 3. The lowest BCUT2D eigenvalue weighted by Crippen LogP contribution is -2.06. The Hall–Kier alpha value is -2.93. The maximum atomic E-state index is 9.33. The van der Waals surface area contributed by atoms with Gasteiger partial charge in [0.15, 0.2) is 0 Å². The predicted molar refractivity (Wildman–Crippen MR) is 97.6 cm³/mol. The Balaban J connectivity index is 2.02. The fourth-order valence-electron chi connectivity index (χ4n) is 2.68. The number of aromatic nitrogens is 2. The molecular formula is C20H20N4. The van der Waals surface area contributed by atoms with Crippen LogP contribution in [0.5, 0.6) is 0 Å². The van der Waals surface area contributed by atoms with Crippen molar-refractivity contribution in [3.63, 3.8) is 0 Å². The molecule has 0 bridgehead atoms. The van der Waals surface area contributed by atoms with E-state index in [4.69, 9.17) is 0 Å². The zero-order valence-corrected chi connectivity index (χ0v) is 14.0. The number of nitriles is 1. The quantitative estimate of drug-likeness (QED) is 0.745. The average molecular weight is 316 g/mol. The topological polar surface area (TPSA) is 61.6 Å². The second kappa shape index (κ2) is 7.10. The molecule has 0 aliphatic carbocycles. The molecule has 0 radical (unpaired) electrons. The molecule has 4 nitrogen and oxygen atoms in total.